The Morgan fingerprint density at radius 2 is 1.60 bits per heavy atom. The van der Waals surface area contributed by atoms with Gasteiger partial charge in [0.2, 0.25) is 0 Å². The van der Waals surface area contributed by atoms with Gasteiger partial charge < -0.3 is 4.74 Å². The first kappa shape index (κ1) is 16.9. The Morgan fingerprint density at radius 1 is 1.00 bits per heavy atom. The zero-order valence-electron chi connectivity index (χ0n) is 14.6. The van der Waals surface area contributed by atoms with E-state index < -0.39 is 0 Å². The molecule has 4 rings (SSSR count). The lowest BCUT2D eigenvalue weighted by Gasteiger charge is -2.44. The van der Waals surface area contributed by atoms with E-state index in [0.717, 1.165) is 19.7 Å². The normalized spacial score (nSPS) is 23.9. The third kappa shape index (κ3) is 3.84. The van der Waals surface area contributed by atoms with Gasteiger partial charge in [-0.05, 0) is 22.5 Å². The summed E-state index contributed by atoms with van der Waals surface area (Å²) < 4.78 is 6.18. The third-order valence-corrected chi connectivity index (χ3v) is 6.42. The van der Waals surface area contributed by atoms with Gasteiger partial charge in [0.25, 0.3) is 0 Å². The van der Waals surface area contributed by atoms with Crippen molar-refractivity contribution in [2.24, 2.45) is 5.92 Å². The molecule has 2 unspecified atom stereocenters. The van der Waals surface area contributed by atoms with Crippen LogP contribution in [-0.4, -0.2) is 36.0 Å². The van der Waals surface area contributed by atoms with Gasteiger partial charge in [-0.15, -0.1) is 11.8 Å². The molecule has 0 bridgehead atoms. The number of rotatable bonds is 6. The van der Waals surface area contributed by atoms with E-state index in [1.165, 1.54) is 11.1 Å². The molecule has 25 heavy (non-hydrogen) atoms. The molecule has 0 amide bonds. The molecule has 0 N–H and O–H groups in total. The number of ether oxygens (including phenoxy) is 1. The van der Waals surface area contributed by atoms with E-state index >= 15 is 0 Å². The summed E-state index contributed by atoms with van der Waals surface area (Å²) in [6.07, 6.45) is 2.65. The SMILES string of the molecule is CC1C=CSC1COC1CN(C(c2ccccc2)c2ccccc2)C1. The number of nitrogens with zero attached hydrogens (tertiary/aromatic N) is 1. The second-order valence-corrected chi connectivity index (χ2v) is 8.15. The minimum Gasteiger partial charge on any atom is -0.374 e. The van der Waals surface area contributed by atoms with Crippen LogP contribution in [0.2, 0.25) is 0 Å². The van der Waals surface area contributed by atoms with Crippen LogP contribution in [0.1, 0.15) is 24.1 Å². The summed E-state index contributed by atoms with van der Waals surface area (Å²) in [6, 6.07) is 21.9. The van der Waals surface area contributed by atoms with Gasteiger partial charge in [-0.25, -0.2) is 0 Å². The summed E-state index contributed by atoms with van der Waals surface area (Å²) in [4.78, 5) is 2.53. The molecular weight excluding hydrogens is 326 g/mol. The predicted octanol–water partition coefficient (Wildman–Crippen LogP) is 4.74. The van der Waals surface area contributed by atoms with Gasteiger partial charge in [0.05, 0.1) is 18.8 Å². The molecule has 0 saturated carbocycles. The molecule has 0 spiro atoms. The fraction of sp³-hybridized carbons (Fsp3) is 0.364. The Labute approximate surface area is 154 Å². The van der Waals surface area contributed by atoms with Crippen molar-refractivity contribution in [3.63, 3.8) is 0 Å². The lowest BCUT2D eigenvalue weighted by molar-refractivity contribution is -0.0669. The third-order valence-electron chi connectivity index (χ3n) is 5.19. The number of likely N-dealkylation sites (tertiary alicyclic amines) is 1. The highest BCUT2D eigenvalue weighted by atomic mass is 32.2. The molecule has 2 aromatic carbocycles. The summed E-state index contributed by atoms with van der Waals surface area (Å²) >= 11 is 1.91. The quantitative estimate of drug-likeness (QED) is 0.746. The molecule has 1 fully saturated rings. The number of benzene rings is 2. The summed E-state index contributed by atoms with van der Waals surface area (Å²) in [5, 5.41) is 2.81. The molecule has 2 atom stereocenters. The van der Waals surface area contributed by atoms with Crippen LogP contribution < -0.4 is 0 Å². The minimum atomic E-state index is 0.323. The standard InChI is InChI=1S/C22H25NOS/c1-17-12-13-25-21(17)16-24-20-14-23(15-20)22(18-8-4-2-5-9-18)19-10-6-3-7-11-19/h2-13,17,20-22H,14-16H2,1H3. The van der Waals surface area contributed by atoms with Crippen molar-refractivity contribution in [3.8, 4) is 0 Å². The van der Waals surface area contributed by atoms with Gasteiger partial charge in [-0.3, -0.25) is 4.90 Å². The monoisotopic (exact) mass is 351 g/mol. The number of hydrogen-bond donors (Lipinski definition) is 0. The molecular formula is C22H25NOS. The van der Waals surface area contributed by atoms with Gasteiger partial charge in [-0.1, -0.05) is 73.7 Å². The van der Waals surface area contributed by atoms with Gasteiger partial charge in [-0.2, -0.15) is 0 Å². The Balaban J connectivity index is 1.39. The van der Waals surface area contributed by atoms with E-state index in [4.69, 9.17) is 4.74 Å². The Hall–Kier alpha value is -1.55. The molecule has 2 heterocycles. The average Bonchev–Trinajstić information content (AvgIpc) is 3.03. The molecule has 130 valence electrons. The maximum atomic E-state index is 6.18. The lowest BCUT2D eigenvalue weighted by atomic mass is 9.94. The van der Waals surface area contributed by atoms with E-state index in [1.54, 1.807) is 0 Å². The smallest absolute Gasteiger partial charge is 0.0829 e. The van der Waals surface area contributed by atoms with Gasteiger partial charge in [0.1, 0.15) is 0 Å². The second kappa shape index (κ2) is 7.77. The Morgan fingerprint density at radius 3 is 2.12 bits per heavy atom. The van der Waals surface area contributed by atoms with Crippen LogP contribution in [0.15, 0.2) is 72.1 Å². The maximum Gasteiger partial charge on any atom is 0.0829 e. The lowest BCUT2D eigenvalue weighted by Crippen LogP contribution is -2.54. The number of allylic oxidation sites excluding steroid dienone is 1. The topological polar surface area (TPSA) is 12.5 Å². The van der Waals surface area contributed by atoms with Crippen LogP contribution >= 0.6 is 11.8 Å². The van der Waals surface area contributed by atoms with Crippen LogP contribution in [0.5, 0.6) is 0 Å². The molecule has 0 radical (unpaired) electrons. The molecule has 0 aromatic heterocycles. The summed E-state index contributed by atoms with van der Waals surface area (Å²) in [5.74, 6) is 0.627. The van der Waals surface area contributed by atoms with Crippen LogP contribution in [0, 0.1) is 5.92 Å². The largest absolute Gasteiger partial charge is 0.374 e. The molecule has 3 heteroatoms. The summed E-state index contributed by atoms with van der Waals surface area (Å²) in [7, 11) is 0. The van der Waals surface area contributed by atoms with E-state index in [1.807, 2.05) is 11.8 Å². The number of hydrogen-bond acceptors (Lipinski definition) is 3. The fourth-order valence-corrected chi connectivity index (χ4v) is 4.65. The maximum absolute atomic E-state index is 6.18. The van der Waals surface area contributed by atoms with E-state index in [0.29, 0.717) is 23.3 Å². The van der Waals surface area contributed by atoms with E-state index in [9.17, 15) is 0 Å². The Bertz CT molecular complexity index is 657. The first-order chi connectivity index (χ1) is 12.3. The molecule has 2 aliphatic heterocycles. The van der Waals surface area contributed by atoms with Gasteiger partial charge in [0.15, 0.2) is 0 Å². The molecule has 2 aromatic rings. The van der Waals surface area contributed by atoms with Crippen LogP contribution in [0.25, 0.3) is 0 Å². The number of thioether (sulfide) groups is 1. The van der Waals surface area contributed by atoms with Gasteiger partial charge >= 0.3 is 0 Å². The van der Waals surface area contributed by atoms with Crippen molar-refractivity contribution in [2.75, 3.05) is 19.7 Å². The van der Waals surface area contributed by atoms with Crippen LogP contribution in [-0.2, 0) is 4.74 Å². The zero-order chi connectivity index (χ0) is 17.1. The average molecular weight is 352 g/mol. The molecule has 0 aliphatic carbocycles. The van der Waals surface area contributed by atoms with Crippen molar-refractivity contribution >= 4 is 11.8 Å². The van der Waals surface area contributed by atoms with E-state index in [-0.39, 0.29) is 0 Å². The highest BCUT2D eigenvalue weighted by Gasteiger charge is 2.35. The second-order valence-electron chi connectivity index (χ2n) is 7.00. The minimum absolute atomic E-state index is 0.323. The Kier molecular flexibility index (Phi) is 5.25. The highest BCUT2D eigenvalue weighted by Crippen LogP contribution is 2.34. The van der Waals surface area contributed by atoms with E-state index in [2.05, 4.69) is 84.0 Å². The van der Waals surface area contributed by atoms with Crippen LogP contribution in [0.3, 0.4) is 0 Å². The van der Waals surface area contributed by atoms with Crippen molar-refractivity contribution < 1.29 is 4.74 Å². The zero-order valence-corrected chi connectivity index (χ0v) is 15.4. The van der Waals surface area contributed by atoms with Crippen molar-refractivity contribution in [1.29, 1.82) is 0 Å². The highest BCUT2D eigenvalue weighted by molar-refractivity contribution is 8.03. The predicted molar refractivity (Wildman–Crippen MR) is 106 cm³/mol. The summed E-state index contributed by atoms with van der Waals surface area (Å²) in [5.41, 5.74) is 2.72. The molecule has 1 saturated heterocycles. The summed E-state index contributed by atoms with van der Waals surface area (Å²) in [6.45, 7) is 5.15. The van der Waals surface area contributed by atoms with Crippen molar-refractivity contribution in [3.05, 3.63) is 83.3 Å². The molecule has 2 aliphatic rings. The van der Waals surface area contributed by atoms with Crippen LogP contribution in [0.4, 0.5) is 0 Å². The first-order valence-electron chi connectivity index (χ1n) is 9.09. The van der Waals surface area contributed by atoms with Crippen molar-refractivity contribution in [1.82, 2.24) is 4.90 Å². The van der Waals surface area contributed by atoms with Crippen molar-refractivity contribution in [2.45, 2.75) is 24.3 Å². The first-order valence-corrected chi connectivity index (χ1v) is 10.0. The molecule has 2 nitrogen and oxygen atoms in total. The van der Waals surface area contributed by atoms with Gasteiger partial charge in [0, 0.05) is 18.3 Å². The fourth-order valence-electron chi connectivity index (χ4n) is 3.61.